The normalized spacial score (nSPS) is 10.8. The molecule has 0 spiro atoms. The molecule has 0 bridgehead atoms. The number of benzene rings is 1. The van der Waals surface area contributed by atoms with Crippen LogP contribution >= 0.6 is 0 Å². The Morgan fingerprint density at radius 2 is 2.00 bits per heavy atom. The molecule has 0 unspecified atom stereocenters. The Labute approximate surface area is 92.0 Å². The quantitative estimate of drug-likeness (QED) is 0.582. The first kappa shape index (κ1) is 10.4. The van der Waals surface area contributed by atoms with Crippen molar-refractivity contribution in [3.05, 3.63) is 65.9 Å². The summed E-state index contributed by atoms with van der Waals surface area (Å²) in [6, 6.07) is 9.30. The van der Waals surface area contributed by atoms with Crippen LogP contribution in [0.2, 0.25) is 0 Å². The number of rotatable bonds is 3. The van der Waals surface area contributed by atoms with Crippen molar-refractivity contribution < 1.29 is 13.6 Å². The highest BCUT2D eigenvalue weighted by atomic mass is 19.1. The molecule has 0 atom stereocenters. The first-order valence-electron chi connectivity index (χ1n) is 4.78. The van der Waals surface area contributed by atoms with E-state index in [9.17, 15) is 9.18 Å². The fourth-order valence-electron chi connectivity index (χ4n) is 1.29. The van der Waals surface area contributed by atoms with Crippen molar-refractivity contribution in [3.63, 3.8) is 0 Å². The van der Waals surface area contributed by atoms with Crippen LogP contribution in [0, 0.1) is 5.82 Å². The molecule has 0 saturated carbocycles. The van der Waals surface area contributed by atoms with Crippen LogP contribution in [0.5, 0.6) is 0 Å². The van der Waals surface area contributed by atoms with Crippen molar-refractivity contribution in [2.45, 2.75) is 0 Å². The van der Waals surface area contributed by atoms with Crippen molar-refractivity contribution in [1.29, 1.82) is 0 Å². The standard InChI is InChI=1S/C13H9FO2/c14-12-6-2-1-5-11(12)13(15)8-7-10-4-3-9-16-10/h1-9H/b8-7+. The van der Waals surface area contributed by atoms with E-state index in [1.165, 1.54) is 30.5 Å². The number of allylic oxidation sites excluding steroid dienone is 1. The van der Waals surface area contributed by atoms with Crippen LogP contribution in [-0.2, 0) is 0 Å². The van der Waals surface area contributed by atoms with Gasteiger partial charge >= 0.3 is 0 Å². The van der Waals surface area contributed by atoms with Gasteiger partial charge in [0.1, 0.15) is 11.6 Å². The summed E-state index contributed by atoms with van der Waals surface area (Å²) < 4.78 is 18.2. The molecule has 0 N–H and O–H groups in total. The monoisotopic (exact) mass is 216 g/mol. The van der Waals surface area contributed by atoms with E-state index < -0.39 is 5.82 Å². The molecular formula is C13H9FO2. The maximum Gasteiger partial charge on any atom is 0.188 e. The Bertz CT molecular complexity index is 512. The van der Waals surface area contributed by atoms with Gasteiger partial charge in [0.25, 0.3) is 0 Å². The van der Waals surface area contributed by atoms with E-state index in [4.69, 9.17) is 4.42 Å². The molecule has 0 aliphatic rings. The molecule has 0 aliphatic carbocycles. The lowest BCUT2D eigenvalue weighted by Gasteiger charge is -1.96. The van der Waals surface area contributed by atoms with E-state index >= 15 is 0 Å². The zero-order chi connectivity index (χ0) is 11.4. The third-order valence-corrected chi connectivity index (χ3v) is 2.08. The molecule has 3 heteroatoms. The van der Waals surface area contributed by atoms with Gasteiger partial charge in [-0.15, -0.1) is 0 Å². The van der Waals surface area contributed by atoms with Crippen molar-refractivity contribution >= 4 is 11.9 Å². The van der Waals surface area contributed by atoms with Gasteiger partial charge in [-0.2, -0.15) is 0 Å². The highest BCUT2D eigenvalue weighted by Crippen LogP contribution is 2.09. The molecule has 1 aromatic carbocycles. The molecule has 0 radical (unpaired) electrons. The average molecular weight is 216 g/mol. The van der Waals surface area contributed by atoms with E-state index in [0.29, 0.717) is 5.76 Å². The van der Waals surface area contributed by atoms with E-state index in [1.54, 1.807) is 24.3 Å². The number of carbonyl (C=O) groups is 1. The molecule has 1 heterocycles. The first-order valence-corrected chi connectivity index (χ1v) is 4.78. The van der Waals surface area contributed by atoms with Gasteiger partial charge in [0, 0.05) is 0 Å². The fraction of sp³-hybridized carbons (Fsp3) is 0. The van der Waals surface area contributed by atoms with Gasteiger partial charge in [-0.1, -0.05) is 12.1 Å². The number of halogens is 1. The van der Waals surface area contributed by atoms with E-state index in [2.05, 4.69) is 0 Å². The second-order valence-corrected chi connectivity index (χ2v) is 3.19. The van der Waals surface area contributed by atoms with Crippen LogP contribution in [0.1, 0.15) is 16.1 Å². The molecule has 2 rings (SSSR count). The van der Waals surface area contributed by atoms with Crippen molar-refractivity contribution in [1.82, 2.24) is 0 Å². The van der Waals surface area contributed by atoms with Crippen LogP contribution in [0.4, 0.5) is 4.39 Å². The van der Waals surface area contributed by atoms with Gasteiger partial charge in [-0.25, -0.2) is 4.39 Å². The first-order chi connectivity index (χ1) is 7.77. The molecule has 0 amide bonds. The molecule has 80 valence electrons. The minimum absolute atomic E-state index is 0.0605. The summed E-state index contributed by atoms with van der Waals surface area (Å²) in [4.78, 5) is 11.6. The van der Waals surface area contributed by atoms with Crippen LogP contribution in [0.25, 0.3) is 6.08 Å². The van der Waals surface area contributed by atoms with Crippen LogP contribution in [0.3, 0.4) is 0 Å². The zero-order valence-electron chi connectivity index (χ0n) is 8.39. The molecular weight excluding hydrogens is 207 g/mol. The lowest BCUT2D eigenvalue weighted by atomic mass is 10.1. The molecule has 16 heavy (non-hydrogen) atoms. The van der Waals surface area contributed by atoms with E-state index in [-0.39, 0.29) is 11.3 Å². The smallest absolute Gasteiger partial charge is 0.188 e. The fourth-order valence-corrected chi connectivity index (χ4v) is 1.29. The second kappa shape index (κ2) is 4.57. The minimum atomic E-state index is -0.517. The summed E-state index contributed by atoms with van der Waals surface area (Å²) in [7, 11) is 0. The third-order valence-electron chi connectivity index (χ3n) is 2.08. The number of furan rings is 1. The van der Waals surface area contributed by atoms with Gasteiger partial charge in [0.15, 0.2) is 5.78 Å². The second-order valence-electron chi connectivity index (χ2n) is 3.19. The number of hydrogen-bond acceptors (Lipinski definition) is 2. The van der Waals surface area contributed by atoms with Gasteiger partial charge in [0.2, 0.25) is 0 Å². The lowest BCUT2D eigenvalue weighted by Crippen LogP contribution is -1.97. The molecule has 1 aromatic heterocycles. The van der Waals surface area contributed by atoms with Crippen LogP contribution < -0.4 is 0 Å². The molecule has 2 aromatic rings. The van der Waals surface area contributed by atoms with Crippen molar-refractivity contribution in [2.24, 2.45) is 0 Å². The summed E-state index contributed by atoms with van der Waals surface area (Å²) >= 11 is 0. The number of carbonyl (C=O) groups excluding carboxylic acids is 1. The van der Waals surface area contributed by atoms with Crippen LogP contribution in [0.15, 0.2) is 53.2 Å². The average Bonchev–Trinajstić information content (AvgIpc) is 2.79. The Morgan fingerprint density at radius 1 is 1.19 bits per heavy atom. The predicted octanol–water partition coefficient (Wildman–Crippen LogP) is 3.31. The number of hydrogen-bond donors (Lipinski definition) is 0. The summed E-state index contributed by atoms with van der Waals surface area (Å²) in [6.07, 6.45) is 4.30. The Balaban J connectivity index is 2.18. The molecule has 0 fully saturated rings. The van der Waals surface area contributed by atoms with Crippen LogP contribution in [-0.4, -0.2) is 5.78 Å². The van der Waals surface area contributed by atoms with E-state index in [1.807, 2.05) is 0 Å². The predicted molar refractivity (Wildman–Crippen MR) is 58.5 cm³/mol. The highest BCUT2D eigenvalue weighted by molar-refractivity contribution is 6.06. The van der Waals surface area contributed by atoms with Crippen molar-refractivity contribution in [2.75, 3.05) is 0 Å². The van der Waals surface area contributed by atoms with Gasteiger partial charge in [0.05, 0.1) is 11.8 Å². The Kier molecular flexibility index (Phi) is 2.96. The summed E-state index contributed by atoms with van der Waals surface area (Å²) in [5.74, 6) is -0.337. The Morgan fingerprint density at radius 3 is 2.69 bits per heavy atom. The molecule has 0 saturated heterocycles. The topological polar surface area (TPSA) is 30.2 Å². The van der Waals surface area contributed by atoms with Gasteiger partial charge < -0.3 is 4.42 Å². The third kappa shape index (κ3) is 2.25. The number of ketones is 1. The lowest BCUT2D eigenvalue weighted by molar-refractivity contribution is 0.104. The SMILES string of the molecule is O=C(/C=C/c1ccco1)c1ccccc1F. The molecule has 2 nitrogen and oxygen atoms in total. The van der Waals surface area contributed by atoms with Gasteiger partial charge in [-0.3, -0.25) is 4.79 Å². The summed E-state index contributed by atoms with van der Waals surface area (Å²) in [5.41, 5.74) is 0.0605. The maximum absolute atomic E-state index is 13.2. The minimum Gasteiger partial charge on any atom is -0.465 e. The summed E-state index contributed by atoms with van der Waals surface area (Å²) in [6.45, 7) is 0. The molecule has 0 aliphatic heterocycles. The highest BCUT2D eigenvalue weighted by Gasteiger charge is 2.06. The summed E-state index contributed by atoms with van der Waals surface area (Å²) in [5, 5.41) is 0. The largest absolute Gasteiger partial charge is 0.465 e. The van der Waals surface area contributed by atoms with E-state index in [0.717, 1.165) is 0 Å². The van der Waals surface area contributed by atoms with Gasteiger partial charge in [-0.05, 0) is 36.4 Å². The maximum atomic E-state index is 13.2. The zero-order valence-corrected chi connectivity index (χ0v) is 8.39. The Hall–Kier alpha value is -2.16. The van der Waals surface area contributed by atoms with Crippen molar-refractivity contribution in [3.8, 4) is 0 Å².